The molecule has 162 valence electrons. The number of fused-ring (bicyclic) bond motifs is 1. The number of nitrogens with zero attached hydrogens (tertiary/aromatic N) is 1. The van der Waals surface area contributed by atoms with Gasteiger partial charge in [0, 0.05) is 30.1 Å². The number of amides is 1. The average molecular weight is 424 g/mol. The van der Waals surface area contributed by atoms with Crippen LogP contribution in [0, 0.1) is 0 Å². The summed E-state index contributed by atoms with van der Waals surface area (Å²) in [6, 6.07) is 13.5. The summed E-state index contributed by atoms with van der Waals surface area (Å²) in [6.45, 7) is 2.16. The Kier molecular flexibility index (Phi) is 6.92. The van der Waals surface area contributed by atoms with E-state index in [2.05, 4.69) is 4.98 Å². The highest BCUT2D eigenvalue weighted by Crippen LogP contribution is 2.28. The number of esters is 1. The van der Waals surface area contributed by atoms with E-state index in [1.165, 1.54) is 6.07 Å². The van der Waals surface area contributed by atoms with Crippen molar-refractivity contribution in [2.24, 2.45) is 0 Å². The summed E-state index contributed by atoms with van der Waals surface area (Å²) in [5.74, 6) is 0.0911. The van der Waals surface area contributed by atoms with Crippen LogP contribution in [0.2, 0.25) is 0 Å². The monoisotopic (exact) mass is 424 g/mol. The second-order valence-corrected chi connectivity index (χ2v) is 6.77. The number of likely N-dealkylation sites (N-methyl/N-ethyl adjacent to an activating group) is 1. The van der Waals surface area contributed by atoms with Crippen LogP contribution in [0.5, 0.6) is 11.5 Å². The van der Waals surface area contributed by atoms with E-state index in [4.69, 9.17) is 14.2 Å². The third-order valence-corrected chi connectivity index (χ3v) is 4.85. The summed E-state index contributed by atoms with van der Waals surface area (Å²) >= 11 is 0. The summed E-state index contributed by atoms with van der Waals surface area (Å²) in [4.78, 5) is 41.3. The number of benzene rings is 2. The second-order valence-electron chi connectivity index (χ2n) is 6.77. The number of pyridine rings is 1. The van der Waals surface area contributed by atoms with Gasteiger partial charge < -0.3 is 24.1 Å². The first-order valence-corrected chi connectivity index (χ1v) is 9.74. The molecule has 1 heterocycles. The molecule has 1 aromatic heterocycles. The number of hydrogen-bond donors (Lipinski definition) is 1. The van der Waals surface area contributed by atoms with E-state index in [-0.39, 0.29) is 11.5 Å². The van der Waals surface area contributed by atoms with Gasteiger partial charge in [-0.2, -0.15) is 0 Å². The molecule has 0 bridgehead atoms. The number of methoxy groups -OCH3 is 2. The molecule has 1 amide bonds. The zero-order chi connectivity index (χ0) is 22.4. The van der Waals surface area contributed by atoms with Gasteiger partial charge in [-0.1, -0.05) is 24.3 Å². The number of carbonyl (C=O) groups is 2. The highest BCUT2D eigenvalue weighted by atomic mass is 16.5. The Hall–Kier alpha value is -3.81. The highest BCUT2D eigenvalue weighted by molar-refractivity contribution is 6.03. The molecule has 3 rings (SSSR count). The van der Waals surface area contributed by atoms with Crippen LogP contribution in [-0.4, -0.2) is 49.1 Å². The first kappa shape index (κ1) is 21.9. The lowest BCUT2D eigenvalue weighted by Crippen LogP contribution is -2.34. The van der Waals surface area contributed by atoms with E-state index < -0.39 is 18.1 Å². The van der Waals surface area contributed by atoms with Gasteiger partial charge in [-0.3, -0.25) is 9.59 Å². The van der Waals surface area contributed by atoms with Crippen molar-refractivity contribution in [3.63, 3.8) is 0 Å². The predicted molar refractivity (Wildman–Crippen MR) is 115 cm³/mol. The van der Waals surface area contributed by atoms with E-state index in [1.54, 1.807) is 55.5 Å². The number of ether oxygens (including phenoxy) is 3. The standard InChI is InChI=1S/C23H24N2O6/c1-4-25(13-15-9-10-19(29-2)20(11-15)30-3)22(27)14-31-23(28)17-12-21(26)24-18-8-6-5-7-16(17)18/h5-12H,4,13-14H2,1-3H3,(H,24,26). The van der Waals surface area contributed by atoms with Crippen LogP contribution < -0.4 is 15.0 Å². The summed E-state index contributed by atoms with van der Waals surface area (Å²) < 4.78 is 15.8. The first-order chi connectivity index (χ1) is 15.0. The van der Waals surface area contributed by atoms with Crippen LogP contribution in [0.4, 0.5) is 0 Å². The molecular weight excluding hydrogens is 400 g/mol. The molecule has 0 saturated carbocycles. The van der Waals surface area contributed by atoms with Gasteiger partial charge in [0.2, 0.25) is 5.56 Å². The molecule has 31 heavy (non-hydrogen) atoms. The van der Waals surface area contributed by atoms with Crippen molar-refractivity contribution in [2.45, 2.75) is 13.5 Å². The molecule has 0 atom stereocenters. The molecule has 0 aliphatic heterocycles. The number of nitrogens with one attached hydrogen (secondary N) is 1. The Balaban J connectivity index is 1.69. The van der Waals surface area contributed by atoms with E-state index in [9.17, 15) is 14.4 Å². The lowest BCUT2D eigenvalue weighted by Gasteiger charge is -2.21. The van der Waals surface area contributed by atoms with Crippen molar-refractivity contribution in [2.75, 3.05) is 27.4 Å². The number of H-pyrrole nitrogens is 1. The number of rotatable bonds is 8. The lowest BCUT2D eigenvalue weighted by molar-refractivity contribution is -0.134. The Morgan fingerprint density at radius 2 is 1.74 bits per heavy atom. The second kappa shape index (κ2) is 9.80. The van der Waals surface area contributed by atoms with Gasteiger partial charge >= 0.3 is 5.97 Å². The van der Waals surface area contributed by atoms with Gasteiger partial charge in [-0.05, 0) is 30.7 Å². The molecular formula is C23H24N2O6. The minimum absolute atomic E-state index is 0.120. The van der Waals surface area contributed by atoms with Crippen LogP contribution >= 0.6 is 0 Å². The van der Waals surface area contributed by atoms with Gasteiger partial charge in [0.15, 0.2) is 18.1 Å². The first-order valence-electron chi connectivity index (χ1n) is 9.74. The lowest BCUT2D eigenvalue weighted by atomic mass is 10.1. The fourth-order valence-corrected chi connectivity index (χ4v) is 3.25. The van der Waals surface area contributed by atoms with E-state index in [0.717, 1.165) is 5.56 Å². The number of carbonyl (C=O) groups excluding carboxylic acids is 2. The average Bonchev–Trinajstić information content (AvgIpc) is 2.79. The third-order valence-electron chi connectivity index (χ3n) is 4.85. The van der Waals surface area contributed by atoms with E-state index in [0.29, 0.717) is 35.5 Å². The van der Waals surface area contributed by atoms with Crippen LogP contribution in [0.3, 0.4) is 0 Å². The molecule has 2 aromatic carbocycles. The summed E-state index contributed by atoms with van der Waals surface area (Å²) in [6.07, 6.45) is 0. The van der Waals surface area contributed by atoms with Crippen molar-refractivity contribution < 1.29 is 23.8 Å². The molecule has 0 unspecified atom stereocenters. The predicted octanol–water partition coefficient (Wildman–Crippen LogP) is 2.75. The molecule has 0 fully saturated rings. The fraction of sp³-hybridized carbons (Fsp3) is 0.261. The quantitative estimate of drug-likeness (QED) is 0.559. The van der Waals surface area contributed by atoms with Gasteiger partial charge in [0.25, 0.3) is 5.91 Å². The molecule has 0 aliphatic carbocycles. The van der Waals surface area contributed by atoms with Crippen LogP contribution in [0.25, 0.3) is 10.9 Å². The minimum atomic E-state index is -0.724. The number of para-hydroxylation sites is 1. The Morgan fingerprint density at radius 1 is 1.00 bits per heavy atom. The number of hydrogen-bond acceptors (Lipinski definition) is 6. The zero-order valence-corrected chi connectivity index (χ0v) is 17.6. The maximum absolute atomic E-state index is 12.6. The summed E-state index contributed by atoms with van der Waals surface area (Å²) in [7, 11) is 3.10. The largest absolute Gasteiger partial charge is 0.493 e. The molecule has 8 heteroatoms. The highest BCUT2D eigenvalue weighted by Gasteiger charge is 2.18. The molecule has 3 aromatic rings. The molecule has 0 saturated heterocycles. The van der Waals surface area contributed by atoms with Crippen molar-refractivity contribution in [3.05, 3.63) is 70.0 Å². The van der Waals surface area contributed by atoms with Gasteiger partial charge in [0.1, 0.15) is 0 Å². The van der Waals surface area contributed by atoms with Crippen LogP contribution in [0.15, 0.2) is 53.3 Å². The maximum atomic E-state index is 12.6. The Bertz CT molecular complexity index is 1150. The fourth-order valence-electron chi connectivity index (χ4n) is 3.25. The van der Waals surface area contributed by atoms with Gasteiger partial charge in [-0.15, -0.1) is 0 Å². The van der Waals surface area contributed by atoms with Crippen LogP contribution in [0.1, 0.15) is 22.8 Å². The molecule has 8 nitrogen and oxygen atoms in total. The Morgan fingerprint density at radius 3 is 2.45 bits per heavy atom. The molecule has 0 radical (unpaired) electrons. The van der Waals surface area contributed by atoms with Gasteiger partial charge in [-0.25, -0.2) is 4.79 Å². The molecule has 0 spiro atoms. The van der Waals surface area contributed by atoms with Crippen molar-refractivity contribution in [1.82, 2.24) is 9.88 Å². The van der Waals surface area contributed by atoms with Crippen molar-refractivity contribution in [3.8, 4) is 11.5 Å². The Labute approximate surface area is 179 Å². The third kappa shape index (κ3) is 5.03. The summed E-state index contributed by atoms with van der Waals surface area (Å²) in [5.41, 5.74) is 1.08. The molecule has 1 N–H and O–H groups in total. The SMILES string of the molecule is CCN(Cc1ccc(OC)c(OC)c1)C(=O)COC(=O)c1cc(=O)[nH]c2ccccc12. The van der Waals surface area contributed by atoms with E-state index in [1.807, 2.05) is 13.0 Å². The number of aromatic nitrogens is 1. The van der Waals surface area contributed by atoms with Gasteiger partial charge in [0.05, 0.1) is 19.8 Å². The molecule has 0 aliphatic rings. The van der Waals surface area contributed by atoms with Crippen molar-refractivity contribution >= 4 is 22.8 Å². The minimum Gasteiger partial charge on any atom is -0.493 e. The van der Waals surface area contributed by atoms with E-state index >= 15 is 0 Å². The topological polar surface area (TPSA) is 97.9 Å². The maximum Gasteiger partial charge on any atom is 0.339 e. The number of aromatic amines is 1. The summed E-state index contributed by atoms with van der Waals surface area (Å²) in [5, 5.41) is 0.553. The smallest absolute Gasteiger partial charge is 0.339 e. The van der Waals surface area contributed by atoms with Crippen LogP contribution in [-0.2, 0) is 16.1 Å². The zero-order valence-electron chi connectivity index (χ0n) is 17.6. The van der Waals surface area contributed by atoms with Crippen molar-refractivity contribution in [1.29, 1.82) is 0 Å². The normalized spacial score (nSPS) is 10.5.